The fraction of sp³-hybridized carbons (Fsp3) is 0.682. The lowest BCUT2D eigenvalue weighted by molar-refractivity contribution is -0.136. The van der Waals surface area contributed by atoms with Crippen LogP contribution in [0.2, 0.25) is 0 Å². The van der Waals surface area contributed by atoms with E-state index in [2.05, 4.69) is 39.8 Å². The van der Waals surface area contributed by atoms with Crippen LogP contribution in [0.25, 0.3) is 0 Å². The van der Waals surface area contributed by atoms with Crippen LogP contribution in [-0.2, 0) is 23.1 Å². The predicted molar refractivity (Wildman–Crippen MR) is 103 cm³/mol. The Bertz CT molecular complexity index is 497. The Balaban J connectivity index is 2.55. The number of benzene rings is 1. The van der Waals surface area contributed by atoms with Gasteiger partial charge in [0.15, 0.2) is 0 Å². The molecule has 0 aromatic heterocycles. The highest BCUT2D eigenvalue weighted by atomic mass is 16.4. The van der Waals surface area contributed by atoms with Gasteiger partial charge in [0.05, 0.1) is 6.42 Å². The largest absolute Gasteiger partial charge is 0.481 e. The van der Waals surface area contributed by atoms with Crippen molar-refractivity contribution < 1.29 is 9.90 Å². The normalized spacial score (nSPS) is 11.7. The summed E-state index contributed by atoms with van der Waals surface area (Å²) in [5.41, 5.74) is 3.73. The third-order valence-electron chi connectivity index (χ3n) is 4.63. The van der Waals surface area contributed by atoms with Gasteiger partial charge in [0.25, 0.3) is 0 Å². The van der Waals surface area contributed by atoms with E-state index in [0.717, 1.165) is 12.0 Å². The number of carboxylic acids is 1. The molecule has 1 N–H and O–H groups in total. The zero-order chi connectivity index (χ0) is 18.0. The molecular formula is C22H36O2. The first kappa shape index (κ1) is 20.7. The highest BCUT2D eigenvalue weighted by Crippen LogP contribution is 2.28. The Morgan fingerprint density at radius 3 is 2.08 bits per heavy atom. The molecule has 0 spiro atoms. The standard InChI is InChI=1S/C22H36O2/c1-5-6-7-8-9-10-11-12-13-19-16-18(17-21(23)24)14-15-20(19)22(2,3)4/h14-16H,5-13,17H2,1-4H3,(H,23,24). The SMILES string of the molecule is CCCCCCCCCCc1cc(CC(=O)O)ccc1C(C)(C)C. The van der Waals surface area contributed by atoms with Crippen molar-refractivity contribution in [3.63, 3.8) is 0 Å². The molecule has 0 aliphatic rings. The quantitative estimate of drug-likeness (QED) is 0.483. The first-order valence-corrected chi connectivity index (χ1v) is 9.68. The molecule has 0 heterocycles. The maximum Gasteiger partial charge on any atom is 0.307 e. The first-order chi connectivity index (χ1) is 11.3. The van der Waals surface area contributed by atoms with Crippen molar-refractivity contribution in [1.82, 2.24) is 0 Å². The van der Waals surface area contributed by atoms with E-state index in [0.29, 0.717) is 0 Å². The van der Waals surface area contributed by atoms with Crippen LogP contribution in [0, 0.1) is 0 Å². The summed E-state index contributed by atoms with van der Waals surface area (Å²) in [6, 6.07) is 6.24. The van der Waals surface area contributed by atoms with Crippen LogP contribution < -0.4 is 0 Å². The number of hydrogen-bond acceptors (Lipinski definition) is 1. The molecule has 24 heavy (non-hydrogen) atoms. The topological polar surface area (TPSA) is 37.3 Å². The van der Waals surface area contributed by atoms with Crippen molar-refractivity contribution in [1.29, 1.82) is 0 Å². The van der Waals surface area contributed by atoms with Crippen LogP contribution in [0.5, 0.6) is 0 Å². The molecule has 2 nitrogen and oxygen atoms in total. The molecule has 136 valence electrons. The van der Waals surface area contributed by atoms with Crippen molar-refractivity contribution in [3.05, 3.63) is 34.9 Å². The molecule has 0 aliphatic carbocycles. The number of aryl methyl sites for hydroxylation is 1. The summed E-state index contributed by atoms with van der Waals surface area (Å²) in [6.07, 6.45) is 11.8. The molecule has 0 radical (unpaired) electrons. The summed E-state index contributed by atoms with van der Waals surface area (Å²) in [5.74, 6) is -0.753. The van der Waals surface area contributed by atoms with E-state index in [1.165, 1.54) is 62.5 Å². The average Bonchev–Trinajstić information content (AvgIpc) is 2.48. The fourth-order valence-electron chi connectivity index (χ4n) is 3.32. The number of rotatable bonds is 11. The van der Waals surface area contributed by atoms with Gasteiger partial charge in [0.1, 0.15) is 0 Å². The molecule has 2 heteroatoms. The molecule has 0 aliphatic heterocycles. The summed E-state index contributed by atoms with van der Waals surface area (Å²) < 4.78 is 0. The second kappa shape index (κ2) is 10.5. The van der Waals surface area contributed by atoms with Crippen molar-refractivity contribution in [3.8, 4) is 0 Å². The second-order valence-corrected chi connectivity index (χ2v) is 8.04. The van der Waals surface area contributed by atoms with Gasteiger partial charge < -0.3 is 5.11 Å². The van der Waals surface area contributed by atoms with Crippen molar-refractivity contribution in [2.24, 2.45) is 0 Å². The van der Waals surface area contributed by atoms with Gasteiger partial charge >= 0.3 is 5.97 Å². The van der Waals surface area contributed by atoms with Crippen LogP contribution in [0.15, 0.2) is 18.2 Å². The molecule has 0 atom stereocenters. The van der Waals surface area contributed by atoms with Gasteiger partial charge in [0.2, 0.25) is 0 Å². The summed E-state index contributed by atoms with van der Waals surface area (Å²) in [5, 5.41) is 9.02. The molecule has 0 fully saturated rings. The number of hydrogen-bond donors (Lipinski definition) is 1. The summed E-state index contributed by atoms with van der Waals surface area (Å²) in [6.45, 7) is 8.95. The van der Waals surface area contributed by atoms with E-state index in [1.54, 1.807) is 0 Å². The second-order valence-electron chi connectivity index (χ2n) is 8.04. The zero-order valence-electron chi connectivity index (χ0n) is 16.2. The van der Waals surface area contributed by atoms with Crippen LogP contribution in [0.3, 0.4) is 0 Å². The number of aliphatic carboxylic acids is 1. The molecule has 0 saturated carbocycles. The highest BCUT2D eigenvalue weighted by Gasteiger charge is 2.18. The van der Waals surface area contributed by atoms with Crippen LogP contribution in [-0.4, -0.2) is 11.1 Å². The summed E-state index contributed by atoms with van der Waals surface area (Å²) >= 11 is 0. The van der Waals surface area contributed by atoms with E-state index < -0.39 is 5.97 Å². The third kappa shape index (κ3) is 7.99. The monoisotopic (exact) mass is 332 g/mol. The van der Waals surface area contributed by atoms with Crippen molar-refractivity contribution in [2.75, 3.05) is 0 Å². The Morgan fingerprint density at radius 2 is 1.54 bits per heavy atom. The molecular weight excluding hydrogens is 296 g/mol. The van der Waals surface area contributed by atoms with Crippen molar-refractivity contribution in [2.45, 2.75) is 97.3 Å². The minimum Gasteiger partial charge on any atom is -0.481 e. The van der Waals surface area contributed by atoms with Crippen LogP contribution in [0.1, 0.15) is 95.8 Å². The van der Waals surface area contributed by atoms with Gasteiger partial charge in [-0.2, -0.15) is 0 Å². The zero-order valence-corrected chi connectivity index (χ0v) is 16.2. The summed E-state index contributed by atoms with van der Waals surface area (Å²) in [7, 11) is 0. The third-order valence-corrected chi connectivity index (χ3v) is 4.63. The van der Waals surface area contributed by atoms with E-state index in [1.807, 2.05) is 6.07 Å². The maximum atomic E-state index is 11.0. The number of unbranched alkanes of at least 4 members (excludes halogenated alkanes) is 7. The van der Waals surface area contributed by atoms with E-state index in [9.17, 15) is 4.79 Å². The molecule has 0 bridgehead atoms. The van der Waals surface area contributed by atoms with E-state index >= 15 is 0 Å². The Kier molecular flexibility index (Phi) is 9.10. The lowest BCUT2D eigenvalue weighted by Crippen LogP contribution is -2.15. The van der Waals surface area contributed by atoms with Gasteiger partial charge in [-0.25, -0.2) is 0 Å². The molecule has 0 unspecified atom stereocenters. The van der Waals surface area contributed by atoms with Gasteiger partial charge in [-0.1, -0.05) is 90.8 Å². The minimum atomic E-state index is -0.753. The number of carboxylic acid groups (broad SMARTS) is 1. The van der Waals surface area contributed by atoms with Crippen LogP contribution in [0.4, 0.5) is 0 Å². The Labute approximate surface area is 148 Å². The molecule has 1 rings (SSSR count). The van der Waals surface area contributed by atoms with Gasteiger partial charge in [-0.05, 0) is 34.9 Å². The maximum absolute atomic E-state index is 11.0. The Morgan fingerprint density at radius 1 is 0.958 bits per heavy atom. The van der Waals surface area contributed by atoms with E-state index in [4.69, 9.17) is 5.11 Å². The van der Waals surface area contributed by atoms with Gasteiger partial charge in [-0.3, -0.25) is 4.79 Å². The van der Waals surface area contributed by atoms with Crippen molar-refractivity contribution >= 4 is 5.97 Å². The van der Waals surface area contributed by atoms with E-state index in [-0.39, 0.29) is 11.8 Å². The predicted octanol–water partition coefficient (Wildman–Crippen LogP) is 6.29. The van der Waals surface area contributed by atoms with Crippen LogP contribution >= 0.6 is 0 Å². The minimum absolute atomic E-state index is 0.108. The lowest BCUT2D eigenvalue weighted by atomic mass is 9.81. The molecule has 0 amide bonds. The highest BCUT2D eigenvalue weighted by molar-refractivity contribution is 5.70. The average molecular weight is 333 g/mol. The molecule has 0 saturated heterocycles. The van der Waals surface area contributed by atoms with Gasteiger partial charge in [-0.15, -0.1) is 0 Å². The fourth-order valence-corrected chi connectivity index (χ4v) is 3.32. The first-order valence-electron chi connectivity index (χ1n) is 9.68. The molecule has 1 aromatic rings. The Hall–Kier alpha value is -1.31. The lowest BCUT2D eigenvalue weighted by Gasteiger charge is -2.23. The number of carbonyl (C=O) groups is 1. The molecule has 1 aromatic carbocycles. The van der Waals surface area contributed by atoms with Gasteiger partial charge in [0, 0.05) is 0 Å². The summed E-state index contributed by atoms with van der Waals surface area (Å²) in [4.78, 5) is 11.0. The smallest absolute Gasteiger partial charge is 0.307 e.